The molecular formula is C17H24N2O4. The molecule has 1 heterocycles. The first-order chi connectivity index (χ1) is 10.7. The number of carbonyl (C=O) groups is 2. The lowest BCUT2D eigenvalue weighted by atomic mass is 10.2. The fraction of sp³-hybridized carbons (Fsp3) is 0.529. The quantitative estimate of drug-likeness (QED) is 0.926. The number of carboxylic acid groups (broad SMARTS) is 1. The smallest absolute Gasteiger partial charge is 0.411 e. The summed E-state index contributed by atoms with van der Waals surface area (Å²) in [7, 11) is 1.91. The maximum absolute atomic E-state index is 12.3. The van der Waals surface area contributed by atoms with Gasteiger partial charge in [-0.2, -0.15) is 0 Å². The first-order valence-electron chi connectivity index (χ1n) is 7.75. The minimum absolute atomic E-state index is 0.0828. The summed E-state index contributed by atoms with van der Waals surface area (Å²) in [6.45, 7) is 6.22. The van der Waals surface area contributed by atoms with E-state index in [1.165, 1.54) is 0 Å². The predicted octanol–water partition coefficient (Wildman–Crippen LogP) is 3.18. The zero-order chi connectivity index (χ0) is 17.2. The molecule has 6 nitrogen and oxygen atoms in total. The van der Waals surface area contributed by atoms with Crippen LogP contribution in [-0.2, 0) is 4.74 Å². The Morgan fingerprint density at radius 1 is 1.26 bits per heavy atom. The fourth-order valence-electron chi connectivity index (χ4n) is 2.70. The van der Waals surface area contributed by atoms with Crippen molar-refractivity contribution in [2.24, 2.45) is 0 Å². The molecule has 23 heavy (non-hydrogen) atoms. The van der Waals surface area contributed by atoms with Crippen molar-refractivity contribution in [3.8, 4) is 0 Å². The summed E-state index contributed by atoms with van der Waals surface area (Å²) in [5, 5.41) is 8.97. The number of amides is 1. The Morgan fingerprint density at radius 3 is 2.39 bits per heavy atom. The Bertz CT molecular complexity index is 577. The van der Waals surface area contributed by atoms with Gasteiger partial charge in [0, 0.05) is 19.3 Å². The van der Waals surface area contributed by atoms with Crippen molar-refractivity contribution in [2.75, 3.05) is 18.5 Å². The van der Waals surface area contributed by atoms with E-state index in [9.17, 15) is 9.59 Å². The van der Waals surface area contributed by atoms with Crippen molar-refractivity contribution in [1.82, 2.24) is 4.90 Å². The van der Waals surface area contributed by atoms with Gasteiger partial charge in [-0.1, -0.05) is 0 Å². The van der Waals surface area contributed by atoms with E-state index in [0.29, 0.717) is 6.54 Å². The van der Waals surface area contributed by atoms with Crippen LogP contribution in [0.5, 0.6) is 0 Å². The Morgan fingerprint density at radius 2 is 1.87 bits per heavy atom. The minimum Gasteiger partial charge on any atom is -0.478 e. The van der Waals surface area contributed by atoms with Crippen LogP contribution in [0.1, 0.15) is 44.0 Å². The number of benzene rings is 1. The van der Waals surface area contributed by atoms with Crippen LogP contribution in [0.4, 0.5) is 10.5 Å². The SMILES string of the molecule is CN(c1ccc(C(=O)O)cc1)C1CCCN1C(=O)OC(C)(C)C. The first kappa shape index (κ1) is 17.1. The molecule has 1 fully saturated rings. The summed E-state index contributed by atoms with van der Waals surface area (Å²) >= 11 is 0. The second-order valence-corrected chi connectivity index (χ2v) is 6.76. The van der Waals surface area contributed by atoms with E-state index >= 15 is 0 Å². The topological polar surface area (TPSA) is 70.1 Å². The summed E-state index contributed by atoms with van der Waals surface area (Å²) in [5.74, 6) is -0.949. The van der Waals surface area contributed by atoms with Crippen LogP contribution < -0.4 is 4.90 Å². The van der Waals surface area contributed by atoms with Crippen molar-refractivity contribution in [3.63, 3.8) is 0 Å². The molecule has 1 saturated heterocycles. The lowest BCUT2D eigenvalue weighted by Gasteiger charge is -2.35. The number of aromatic carboxylic acids is 1. The van der Waals surface area contributed by atoms with Crippen LogP contribution in [0.3, 0.4) is 0 Å². The van der Waals surface area contributed by atoms with Gasteiger partial charge in [-0.3, -0.25) is 4.90 Å². The molecule has 1 atom stereocenters. The second kappa shape index (κ2) is 6.48. The van der Waals surface area contributed by atoms with E-state index in [0.717, 1.165) is 18.5 Å². The average molecular weight is 320 g/mol. The van der Waals surface area contributed by atoms with Gasteiger partial charge in [0.25, 0.3) is 0 Å². The highest BCUT2D eigenvalue weighted by Crippen LogP contribution is 2.27. The van der Waals surface area contributed by atoms with E-state index < -0.39 is 11.6 Å². The molecule has 0 saturated carbocycles. The Balaban J connectivity index is 2.12. The Hall–Kier alpha value is -2.24. The highest BCUT2D eigenvalue weighted by atomic mass is 16.6. The first-order valence-corrected chi connectivity index (χ1v) is 7.75. The van der Waals surface area contributed by atoms with E-state index in [-0.39, 0.29) is 17.8 Å². The highest BCUT2D eigenvalue weighted by molar-refractivity contribution is 5.88. The standard InChI is InChI=1S/C17H24N2O4/c1-17(2,3)23-16(22)19-11-5-6-14(19)18(4)13-9-7-12(8-10-13)15(20)21/h7-10,14H,5-6,11H2,1-4H3,(H,20,21). The predicted molar refractivity (Wildman–Crippen MR) is 87.8 cm³/mol. The van der Waals surface area contributed by atoms with Gasteiger partial charge >= 0.3 is 12.1 Å². The summed E-state index contributed by atoms with van der Waals surface area (Å²) in [5.41, 5.74) is 0.597. The molecular weight excluding hydrogens is 296 g/mol. The number of hydrogen-bond donors (Lipinski definition) is 1. The molecule has 6 heteroatoms. The second-order valence-electron chi connectivity index (χ2n) is 6.76. The Kier molecular flexibility index (Phi) is 4.82. The highest BCUT2D eigenvalue weighted by Gasteiger charge is 2.34. The van der Waals surface area contributed by atoms with E-state index in [1.807, 2.05) is 32.7 Å². The molecule has 1 unspecified atom stereocenters. The summed E-state index contributed by atoms with van der Waals surface area (Å²) in [6, 6.07) is 6.66. The van der Waals surface area contributed by atoms with Crippen molar-refractivity contribution in [2.45, 2.75) is 45.4 Å². The number of anilines is 1. The number of rotatable bonds is 3. The average Bonchev–Trinajstić information content (AvgIpc) is 2.94. The van der Waals surface area contributed by atoms with Gasteiger partial charge in [0.1, 0.15) is 11.8 Å². The molecule has 0 bridgehead atoms. The molecule has 0 aromatic heterocycles. The van der Waals surface area contributed by atoms with Crippen molar-refractivity contribution >= 4 is 17.7 Å². The van der Waals surface area contributed by atoms with Crippen LogP contribution in [0.15, 0.2) is 24.3 Å². The van der Waals surface area contributed by atoms with E-state index in [2.05, 4.69) is 0 Å². The minimum atomic E-state index is -0.949. The molecule has 1 N–H and O–H groups in total. The molecule has 1 aromatic carbocycles. The van der Waals surface area contributed by atoms with Gasteiger partial charge in [0.15, 0.2) is 0 Å². The summed E-state index contributed by atoms with van der Waals surface area (Å²) in [4.78, 5) is 27.0. The summed E-state index contributed by atoms with van der Waals surface area (Å²) < 4.78 is 5.47. The number of carbonyl (C=O) groups excluding carboxylic acids is 1. The van der Waals surface area contributed by atoms with Gasteiger partial charge in [-0.15, -0.1) is 0 Å². The largest absolute Gasteiger partial charge is 0.478 e. The van der Waals surface area contributed by atoms with Gasteiger partial charge in [-0.25, -0.2) is 9.59 Å². The van der Waals surface area contributed by atoms with Gasteiger partial charge in [-0.05, 0) is 57.9 Å². The summed E-state index contributed by atoms with van der Waals surface area (Å²) in [6.07, 6.45) is 1.38. The third kappa shape index (κ3) is 4.15. The third-order valence-corrected chi connectivity index (χ3v) is 3.82. The number of ether oxygens (including phenoxy) is 1. The zero-order valence-electron chi connectivity index (χ0n) is 14.1. The molecule has 1 amide bonds. The normalized spacial score (nSPS) is 17.9. The van der Waals surface area contributed by atoms with Crippen LogP contribution >= 0.6 is 0 Å². The van der Waals surface area contributed by atoms with E-state index in [1.54, 1.807) is 29.2 Å². The maximum Gasteiger partial charge on any atom is 0.411 e. The molecule has 126 valence electrons. The van der Waals surface area contributed by atoms with Crippen LogP contribution in [0.2, 0.25) is 0 Å². The lowest BCUT2D eigenvalue weighted by Crippen LogP contribution is -2.47. The van der Waals surface area contributed by atoms with Crippen LogP contribution in [0, 0.1) is 0 Å². The molecule has 1 aliphatic heterocycles. The number of hydrogen-bond acceptors (Lipinski definition) is 4. The van der Waals surface area contributed by atoms with Crippen molar-refractivity contribution in [1.29, 1.82) is 0 Å². The van der Waals surface area contributed by atoms with Gasteiger partial charge < -0.3 is 14.7 Å². The van der Waals surface area contributed by atoms with Crippen LogP contribution in [0.25, 0.3) is 0 Å². The fourth-order valence-corrected chi connectivity index (χ4v) is 2.70. The molecule has 0 aliphatic carbocycles. The molecule has 0 spiro atoms. The van der Waals surface area contributed by atoms with Crippen molar-refractivity contribution in [3.05, 3.63) is 29.8 Å². The van der Waals surface area contributed by atoms with E-state index in [4.69, 9.17) is 9.84 Å². The molecule has 1 aliphatic rings. The van der Waals surface area contributed by atoms with Gasteiger partial charge in [0.2, 0.25) is 0 Å². The van der Waals surface area contributed by atoms with Crippen molar-refractivity contribution < 1.29 is 19.4 Å². The van der Waals surface area contributed by atoms with Crippen LogP contribution in [-0.4, -0.2) is 47.4 Å². The zero-order valence-corrected chi connectivity index (χ0v) is 14.1. The maximum atomic E-state index is 12.3. The number of carboxylic acids is 1. The van der Waals surface area contributed by atoms with Gasteiger partial charge in [0.05, 0.1) is 5.56 Å². The number of nitrogens with zero attached hydrogens (tertiary/aromatic N) is 2. The molecule has 2 rings (SSSR count). The molecule has 1 aromatic rings. The lowest BCUT2D eigenvalue weighted by molar-refractivity contribution is 0.0227. The third-order valence-electron chi connectivity index (χ3n) is 3.82. The molecule has 0 radical (unpaired) electrons. The number of likely N-dealkylation sites (tertiary alicyclic amines) is 1. The Labute approximate surface area is 136 Å². The monoisotopic (exact) mass is 320 g/mol.